The number of hydrogen-bond acceptors (Lipinski definition) is 7. The van der Waals surface area contributed by atoms with E-state index in [0.29, 0.717) is 29.7 Å². The van der Waals surface area contributed by atoms with Crippen molar-refractivity contribution in [2.75, 3.05) is 0 Å². The molecule has 10 nitrogen and oxygen atoms in total. The number of carboxylic acid groups (broad SMARTS) is 1. The SMILES string of the molecule is CC(C)[C@H](S)C(=O)NC1(C(=O)NC(Cc2ccc(-c3cccc([N+](=O)[O-])c3)nc2)C(=O)O)CCCC1. The molecule has 1 fully saturated rings. The van der Waals surface area contributed by atoms with E-state index >= 15 is 0 Å². The molecule has 0 saturated heterocycles. The molecule has 3 N–H and O–H groups in total. The summed E-state index contributed by atoms with van der Waals surface area (Å²) in [4.78, 5) is 52.7. The fourth-order valence-corrected chi connectivity index (χ4v) is 4.29. The Morgan fingerprint density at radius 1 is 1.19 bits per heavy atom. The molecule has 1 aliphatic carbocycles. The van der Waals surface area contributed by atoms with E-state index in [0.717, 1.165) is 12.8 Å². The second-order valence-electron chi connectivity index (χ2n) is 9.39. The minimum absolute atomic E-state index is 0.0193. The summed E-state index contributed by atoms with van der Waals surface area (Å²) >= 11 is 4.34. The molecule has 1 saturated carbocycles. The van der Waals surface area contributed by atoms with Gasteiger partial charge in [-0.1, -0.05) is 44.9 Å². The van der Waals surface area contributed by atoms with Crippen LogP contribution < -0.4 is 10.6 Å². The van der Waals surface area contributed by atoms with Gasteiger partial charge in [-0.15, -0.1) is 0 Å². The van der Waals surface area contributed by atoms with E-state index in [-0.39, 0.29) is 23.9 Å². The second-order valence-corrected chi connectivity index (χ2v) is 9.95. The summed E-state index contributed by atoms with van der Waals surface area (Å²) in [6.07, 6.45) is 3.80. The number of nitro benzene ring substituents is 1. The number of thiol groups is 1. The summed E-state index contributed by atoms with van der Waals surface area (Å²) in [5, 5.41) is 25.7. The van der Waals surface area contributed by atoms with Crippen LogP contribution in [0.3, 0.4) is 0 Å². The highest BCUT2D eigenvalue weighted by molar-refractivity contribution is 7.81. The van der Waals surface area contributed by atoms with Crippen LogP contribution in [-0.4, -0.2) is 49.6 Å². The van der Waals surface area contributed by atoms with Gasteiger partial charge in [-0.3, -0.25) is 24.7 Å². The molecule has 0 spiro atoms. The van der Waals surface area contributed by atoms with Crippen LogP contribution in [0, 0.1) is 16.0 Å². The quantitative estimate of drug-likeness (QED) is 0.216. The summed E-state index contributed by atoms with van der Waals surface area (Å²) in [5.74, 6) is -2.11. The lowest BCUT2D eigenvalue weighted by Gasteiger charge is -2.32. The van der Waals surface area contributed by atoms with Gasteiger partial charge < -0.3 is 15.7 Å². The Morgan fingerprint density at radius 3 is 2.44 bits per heavy atom. The van der Waals surface area contributed by atoms with Crippen molar-refractivity contribution in [3.05, 3.63) is 58.3 Å². The van der Waals surface area contributed by atoms with E-state index in [1.165, 1.54) is 18.3 Å². The first kappa shape index (κ1) is 27.1. The molecule has 0 aliphatic heterocycles. The predicted molar refractivity (Wildman–Crippen MR) is 137 cm³/mol. The molecule has 1 aromatic heterocycles. The van der Waals surface area contributed by atoms with Crippen molar-refractivity contribution < 1.29 is 24.4 Å². The van der Waals surface area contributed by atoms with Gasteiger partial charge in [0.05, 0.1) is 15.9 Å². The summed E-state index contributed by atoms with van der Waals surface area (Å²) in [5.41, 5.74) is 0.401. The van der Waals surface area contributed by atoms with Crippen LogP contribution in [0.1, 0.15) is 45.1 Å². The number of carbonyl (C=O) groups is 3. The highest BCUT2D eigenvalue weighted by Gasteiger charge is 2.44. The molecule has 11 heteroatoms. The average molecular weight is 515 g/mol. The van der Waals surface area contributed by atoms with Crippen molar-refractivity contribution in [2.24, 2.45) is 5.92 Å². The second kappa shape index (κ2) is 11.5. The number of non-ortho nitro benzene ring substituents is 1. The largest absolute Gasteiger partial charge is 0.480 e. The van der Waals surface area contributed by atoms with E-state index in [1.54, 1.807) is 24.3 Å². The van der Waals surface area contributed by atoms with E-state index < -0.39 is 33.6 Å². The molecule has 0 radical (unpaired) electrons. The third-order valence-electron chi connectivity index (χ3n) is 6.38. The Labute approximate surface area is 214 Å². The number of nitrogens with zero attached hydrogens (tertiary/aromatic N) is 2. The molecule has 2 aromatic rings. The van der Waals surface area contributed by atoms with E-state index in [2.05, 4.69) is 28.2 Å². The zero-order chi connectivity index (χ0) is 26.5. The van der Waals surface area contributed by atoms with Crippen LogP contribution in [0.4, 0.5) is 5.69 Å². The molecule has 3 rings (SSSR count). The van der Waals surface area contributed by atoms with Gasteiger partial charge in [0.25, 0.3) is 5.69 Å². The maximum absolute atomic E-state index is 13.2. The Kier molecular flexibility index (Phi) is 8.67. The van der Waals surface area contributed by atoms with Crippen molar-refractivity contribution in [3.8, 4) is 11.3 Å². The van der Waals surface area contributed by atoms with Crippen molar-refractivity contribution in [2.45, 2.75) is 62.8 Å². The van der Waals surface area contributed by atoms with Gasteiger partial charge in [-0.25, -0.2) is 4.79 Å². The lowest BCUT2D eigenvalue weighted by atomic mass is 9.94. The molecular formula is C25H30N4O6S. The lowest BCUT2D eigenvalue weighted by molar-refractivity contribution is -0.384. The third-order valence-corrected chi connectivity index (χ3v) is 7.21. The minimum Gasteiger partial charge on any atom is -0.480 e. The summed E-state index contributed by atoms with van der Waals surface area (Å²) < 4.78 is 0. The van der Waals surface area contributed by atoms with Crippen LogP contribution in [-0.2, 0) is 20.8 Å². The standard InChI is InChI=1S/C25H30N4O6S/c1-15(2)21(36)22(30)28-25(10-3-4-11-25)24(33)27-20(23(31)32)12-16-8-9-19(26-14-16)17-6-5-7-18(13-17)29(34)35/h5-9,13-15,20-21,36H,3-4,10-12H2,1-2H3,(H,27,33)(H,28,30)(H,31,32)/t20?,21-/m0/s1. The van der Waals surface area contributed by atoms with Crippen LogP contribution >= 0.6 is 12.6 Å². The molecule has 1 aliphatic rings. The summed E-state index contributed by atoms with van der Waals surface area (Å²) in [6, 6.07) is 8.14. The number of pyridine rings is 1. The Bertz CT molecular complexity index is 1130. The molecule has 192 valence electrons. The number of aromatic nitrogens is 1. The monoisotopic (exact) mass is 514 g/mol. The van der Waals surface area contributed by atoms with Crippen LogP contribution in [0.2, 0.25) is 0 Å². The molecular weight excluding hydrogens is 484 g/mol. The highest BCUT2D eigenvalue weighted by atomic mass is 32.1. The summed E-state index contributed by atoms with van der Waals surface area (Å²) in [6.45, 7) is 3.72. The molecule has 1 aromatic carbocycles. The van der Waals surface area contributed by atoms with Gasteiger partial charge in [0.2, 0.25) is 11.8 Å². The van der Waals surface area contributed by atoms with E-state index in [9.17, 15) is 29.6 Å². The molecule has 36 heavy (non-hydrogen) atoms. The van der Waals surface area contributed by atoms with Crippen LogP contribution in [0.5, 0.6) is 0 Å². The number of carbonyl (C=O) groups excluding carboxylic acids is 2. The topological polar surface area (TPSA) is 152 Å². The minimum atomic E-state index is -1.23. The maximum Gasteiger partial charge on any atom is 0.326 e. The van der Waals surface area contributed by atoms with Gasteiger partial charge in [-0.2, -0.15) is 12.6 Å². The van der Waals surface area contributed by atoms with Gasteiger partial charge in [0.1, 0.15) is 11.6 Å². The van der Waals surface area contributed by atoms with Gasteiger partial charge in [0, 0.05) is 30.3 Å². The Hall–Kier alpha value is -3.47. The smallest absolute Gasteiger partial charge is 0.326 e. The number of rotatable bonds is 10. The lowest BCUT2D eigenvalue weighted by Crippen LogP contribution is -2.61. The van der Waals surface area contributed by atoms with Crippen molar-refractivity contribution in [1.82, 2.24) is 15.6 Å². The highest BCUT2D eigenvalue weighted by Crippen LogP contribution is 2.31. The zero-order valence-electron chi connectivity index (χ0n) is 20.1. The van der Waals surface area contributed by atoms with E-state index in [4.69, 9.17) is 0 Å². The van der Waals surface area contributed by atoms with Crippen molar-refractivity contribution in [3.63, 3.8) is 0 Å². The maximum atomic E-state index is 13.2. The number of hydrogen-bond donors (Lipinski definition) is 4. The van der Waals surface area contributed by atoms with Gasteiger partial charge >= 0.3 is 5.97 Å². The summed E-state index contributed by atoms with van der Waals surface area (Å²) in [7, 11) is 0. The molecule has 0 bridgehead atoms. The Balaban J connectivity index is 1.73. The number of nitrogens with one attached hydrogen (secondary N) is 2. The third kappa shape index (κ3) is 6.39. The number of aliphatic carboxylic acids is 1. The average Bonchev–Trinajstić information content (AvgIpc) is 3.33. The van der Waals surface area contributed by atoms with E-state index in [1.807, 2.05) is 13.8 Å². The Morgan fingerprint density at radius 2 is 1.89 bits per heavy atom. The fraction of sp³-hybridized carbons (Fsp3) is 0.440. The predicted octanol–water partition coefficient (Wildman–Crippen LogP) is 3.15. The molecule has 1 unspecified atom stereocenters. The number of benzene rings is 1. The number of carboxylic acids is 1. The fourth-order valence-electron chi connectivity index (χ4n) is 4.23. The van der Waals surface area contributed by atoms with Crippen LogP contribution in [0.25, 0.3) is 11.3 Å². The normalized spacial score (nSPS) is 16.2. The van der Waals surface area contributed by atoms with Crippen molar-refractivity contribution >= 4 is 36.1 Å². The number of nitro groups is 1. The molecule has 2 atom stereocenters. The van der Waals surface area contributed by atoms with Gasteiger partial charge in [-0.05, 0) is 30.4 Å². The number of amides is 2. The molecule has 2 amide bonds. The van der Waals surface area contributed by atoms with Gasteiger partial charge in [0.15, 0.2) is 0 Å². The first-order chi connectivity index (χ1) is 17.0. The van der Waals surface area contributed by atoms with Crippen LogP contribution in [0.15, 0.2) is 42.6 Å². The zero-order valence-corrected chi connectivity index (χ0v) is 21.0. The first-order valence-electron chi connectivity index (χ1n) is 11.8. The molecule has 1 heterocycles. The van der Waals surface area contributed by atoms with Crippen molar-refractivity contribution in [1.29, 1.82) is 0 Å². The first-order valence-corrected chi connectivity index (χ1v) is 12.3.